The van der Waals surface area contributed by atoms with Gasteiger partial charge in [-0.1, -0.05) is 65.9 Å². The number of allylic oxidation sites excluding steroid dienone is 2. The summed E-state index contributed by atoms with van der Waals surface area (Å²) in [5.74, 6) is 0.286. The van der Waals surface area contributed by atoms with Gasteiger partial charge in [0.25, 0.3) is 0 Å². The summed E-state index contributed by atoms with van der Waals surface area (Å²) in [4.78, 5) is 2.78. The summed E-state index contributed by atoms with van der Waals surface area (Å²) in [6, 6.07) is 19.5. The molecule has 0 amide bonds. The van der Waals surface area contributed by atoms with Crippen molar-refractivity contribution in [3.63, 3.8) is 0 Å². The topological polar surface area (TPSA) is 18.5 Å². The molecule has 2 aromatic rings. The highest BCUT2D eigenvalue weighted by atomic mass is 32.2. The van der Waals surface area contributed by atoms with Gasteiger partial charge in [0, 0.05) is 10.8 Å². The molecule has 3 atom stereocenters. The molecule has 2 nitrogen and oxygen atoms in total. The normalized spacial score (nSPS) is 27.4. The molecule has 3 heteroatoms. The van der Waals surface area contributed by atoms with E-state index in [9.17, 15) is 0 Å². The van der Waals surface area contributed by atoms with Crippen LogP contribution in [0.3, 0.4) is 0 Å². The number of thioether (sulfide) groups is 1. The van der Waals surface area contributed by atoms with E-state index in [0.29, 0.717) is 11.8 Å². The zero-order chi connectivity index (χ0) is 18.9. The Bertz CT molecular complexity index is 795. The van der Waals surface area contributed by atoms with Crippen molar-refractivity contribution in [3.8, 4) is 0 Å². The number of hydrogen-bond donors (Lipinski definition) is 0. The zero-order valence-corrected chi connectivity index (χ0v) is 17.2. The van der Waals surface area contributed by atoms with Gasteiger partial charge in [-0.15, -0.1) is 0 Å². The van der Waals surface area contributed by atoms with Gasteiger partial charge in [0.15, 0.2) is 5.79 Å². The lowest BCUT2D eigenvalue weighted by Crippen LogP contribution is -2.43. The van der Waals surface area contributed by atoms with Crippen molar-refractivity contribution in [3.05, 3.63) is 76.7 Å². The van der Waals surface area contributed by atoms with Crippen molar-refractivity contribution in [2.75, 3.05) is 6.61 Å². The summed E-state index contributed by atoms with van der Waals surface area (Å²) in [5, 5.41) is 0. The third-order valence-corrected chi connectivity index (χ3v) is 6.73. The van der Waals surface area contributed by atoms with Gasteiger partial charge in [0.2, 0.25) is 0 Å². The van der Waals surface area contributed by atoms with Crippen LogP contribution < -0.4 is 0 Å². The molecule has 0 radical (unpaired) electrons. The summed E-state index contributed by atoms with van der Waals surface area (Å²) >= 11 is 1.91. The van der Waals surface area contributed by atoms with Crippen LogP contribution in [-0.2, 0) is 9.47 Å². The fourth-order valence-corrected chi connectivity index (χ4v) is 5.27. The van der Waals surface area contributed by atoms with E-state index in [4.69, 9.17) is 9.47 Å². The summed E-state index contributed by atoms with van der Waals surface area (Å²) in [7, 11) is 0. The third kappa shape index (κ3) is 4.31. The second kappa shape index (κ2) is 7.83. The minimum Gasteiger partial charge on any atom is -0.350 e. The van der Waals surface area contributed by atoms with Gasteiger partial charge >= 0.3 is 0 Å². The van der Waals surface area contributed by atoms with E-state index in [0.717, 1.165) is 13.0 Å². The minimum absolute atomic E-state index is 0.0695. The van der Waals surface area contributed by atoms with Crippen molar-refractivity contribution in [1.82, 2.24) is 0 Å². The zero-order valence-electron chi connectivity index (χ0n) is 16.4. The van der Waals surface area contributed by atoms with Gasteiger partial charge in [0.05, 0.1) is 12.7 Å². The van der Waals surface area contributed by atoms with Gasteiger partial charge in [0.1, 0.15) is 0 Å². The number of benzene rings is 2. The standard InChI is InChI=1S/C24H28O2S/c1-17-12-14-19(15-13-17)27-22-11-7-10-20(22)21-16-25-24(2,3)26-23(21)18-8-5-4-6-9-18/h4-6,8-9,11-15,20-21,23H,7,10,16H2,1-3H3/t20-,21+,23+/m1/s1. The monoisotopic (exact) mass is 380 g/mol. The van der Waals surface area contributed by atoms with Gasteiger partial charge in [-0.25, -0.2) is 0 Å². The average molecular weight is 381 g/mol. The molecule has 27 heavy (non-hydrogen) atoms. The molecule has 2 aliphatic rings. The number of hydrogen-bond acceptors (Lipinski definition) is 3. The molecule has 0 unspecified atom stereocenters. The molecular weight excluding hydrogens is 352 g/mol. The molecule has 1 saturated heterocycles. The maximum Gasteiger partial charge on any atom is 0.163 e. The maximum atomic E-state index is 6.44. The summed E-state index contributed by atoms with van der Waals surface area (Å²) < 4.78 is 12.5. The lowest BCUT2D eigenvalue weighted by molar-refractivity contribution is -0.300. The van der Waals surface area contributed by atoms with Gasteiger partial charge in [-0.3, -0.25) is 0 Å². The fraction of sp³-hybridized carbons (Fsp3) is 0.417. The molecule has 4 rings (SSSR count). The smallest absolute Gasteiger partial charge is 0.163 e. The van der Waals surface area contributed by atoms with Crippen molar-refractivity contribution in [2.24, 2.45) is 11.8 Å². The Morgan fingerprint density at radius 2 is 1.74 bits per heavy atom. The van der Waals surface area contributed by atoms with Gasteiger partial charge < -0.3 is 9.47 Å². The van der Waals surface area contributed by atoms with E-state index in [2.05, 4.69) is 67.6 Å². The van der Waals surface area contributed by atoms with Crippen LogP contribution in [0.25, 0.3) is 0 Å². The second-order valence-corrected chi connectivity index (χ2v) is 9.18. The Labute approximate surface area is 167 Å². The van der Waals surface area contributed by atoms with Crippen molar-refractivity contribution in [1.29, 1.82) is 0 Å². The fourth-order valence-electron chi connectivity index (χ4n) is 4.08. The van der Waals surface area contributed by atoms with Crippen LogP contribution in [0.5, 0.6) is 0 Å². The average Bonchev–Trinajstić information content (AvgIpc) is 3.11. The first-order chi connectivity index (χ1) is 13.0. The van der Waals surface area contributed by atoms with Gasteiger partial charge in [-0.2, -0.15) is 0 Å². The summed E-state index contributed by atoms with van der Waals surface area (Å²) in [6.07, 6.45) is 4.80. The van der Waals surface area contributed by atoms with E-state index in [1.807, 2.05) is 25.6 Å². The Hall–Kier alpha value is -1.55. The molecule has 1 aliphatic carbocycles. The van der Waals surface area contributed by atoms with E-state index in [1.165, 1.54) is 27.3 Å². The third-order valence-electron chi connectivity index (χ3n) is 5.51. The molecule has 0 spiro atoms. The molecule has 1 fully saturated rings. The number of aryl methyl sites for hydroxylation is 1. The van der Waals surface area contributed by atoms with E-state index < -0.39 is 5.79 Å². The lowest BCUT2D eigenvalue weighted by atomic mass is 9.83. The molecule has 1 aliphatic heterocycles. The Kier molecular flexibility index (Phi) is 5.45. The predicted molar refractivity (Wildman–Crippen MR) is 112 cm³/mol. The lowest BCUT2D eigenvalue weighted by Gasteiger charge is -2.44. The highest BCUT2D eigenvalue weighted by molar-refractivity contribution is 8.03. The molecule has 0 aromatic heterocycles. The molecular formula is C24H28O2S. The SMILES string of the molecule is Cc1ccc(SC2=CCC[C@@H]2[C@@H]2COC(C)(C)O[C@H]2c2ccccc2)cc1. The van der Waals surface area contributed by atoms with Crippen molar-refractivity contribution >= 4 is 11.8 Å². The van der Waals surface area contributed by atoms with Crippen LogP contribution in [0.2, 0.25) is 0 Å². The summed E-state index contributed by atoms with van der Waals surface area (Å²) in [6.45, 7) is 6.91. The van der Waals surface area contributed by atoms with Crippen LogP contribution in [0, 0.1) is 18.8 Å². The van der Waals surface area contributed by atoms with Crippen LogP contribution in [0.1, 0.15) is 43.9 Å². The highest BCUT2D eigenvalue weighted by Gasteiger charge is 2.43. The summed E-state index contributed by atoms with van der Waals surface area (Å²) in [5.41, 5.74) is 2.56. The number of rotatable bonds is 4. The highest BCUT2D eigenvalue weighted by Crippen LogP contribution is 2.49. The van der Waals surface area contributed by atoms with Crippen molar-refractivity contribution < 1.29 is 9.47 Å². The maximum absolute atomic E-state index is 6.44. The van der Waals surface area contributed by atoms with Crippen LogP contribution in [0.4, 0.5) is 0 Å². The first-order valence-electron chi connectivity index (χ1n) is 9.83. The van der Waals surface area contributed by atoms with Crippen LogP contribution >= 0.6 is 11.8 Å². The molecule has 0 N–H and O–H groups in total. The molecule has 2 aromatic carbocycles. The van der Waals surface area contributed by atoms with E-state index >= 15 is 0 Å². The molecule has 0 bridgehead atoms. The Balaban J connectivity index is 1.57. The first kappa shape index (κ1) is 18.8. The largest absolute Gasteiger partial charge is 0.350 e. The van der Waals surface area contributed by atoms with E-state index in [1.54, 1.807) is 0 Å². The predicted octanol–water partition coefficient (Wildman–Crippen LogP) is 6.52. The Morgan fingerprint density at radius 1 is 1.00 bits per heavy atom. The Morgan fingerprint density at radius 3 is 2.48 bits per heavy atom. The van der Waals surface area contributed by atoms with Gasteiger partial charge in [-0.05, 0) is 62.1 Å². The van der Waals surface area contributed by atoms with E-state index in [-0.39, 0.29) is 6.10 Å². The second-order valence-electron chi connectivity index (χ2n) is 8.03. The first-order valence-corrected chi connectivity index (χ1v) is 10.6. The quantitative estimate of drug-likeness (QED) is 0.601. The molecule has 1 heterocycles. The number of ether oxygens (including phenoxy) is 2. The van der Waals surface area contributed by atoms with Crippen LogP contribution in [0.15, 0.2) is 70.5 Å². The van der Waals surface area contributed by atoms with Crippen molar-refractivity contribution in [2.45, 2.75) is 50.4 Å². The molecule has 142 valence electrons. The van der Waals surface area contributed by atoms with Crippen LogP contribution in [-0.4, -0.2) is 12.4 Å². The minimum atomic E-state index is -0.538. The molecule has 0 saturated carbocycles.